The number of rotatable bonds is 17. The molecule has 6 heteroatoms. The molecule has 3 saturated carbocycles. The minimum absolute atomic E-state index is 0.0106. The average Bonchev–Trinajstić information content (AvgIpc) is 3.31. The van der Waals surface area contributed by atoms with Gasteiger partial charge in [0.1, 0.15) is 6.10 Å². The number of carbonyl (C=O) groups excluding carboxylic acids is 1. The topological polar surface area (TPSA) is 93.6 Å². The van der Waals surface area contributed by atoms with Crippen molar-refractivity contribution in [2.45, 2.75) is 175 Å². The Balaban J connectivity index is 1.30. The Kier molecular flexibility index (Phi) is 13.4. The molecule has 7 unspecified atom stereocenters. The number of nitrogens with one attached hydrogen (secondary N) is 1. The zero-order chi connectivity index (χ0) is 34.5. The molecule has 3 fully saturated rings. The maximum absolute atomic E-state index is 13.6. The van der Waals surface area contributed by atoms with Crippen LogP contribution in [0, 0.1) is 40.4 Å². The van der Waals surface area contributed by atoms with Crippen molar-refractivity contribution in [2.24, 2.45) is 51.9 Å². The highest BCUT2D eigenvalue weighted by molar-refractivity contribution is 5.68. The Morgan fingerprint density at radius 2 is 1.68 bits per heavy atom. The Labute approximate surface area is 290 Å². The summed E-state index contributed by atoms with van der Waals surface area (Å²) in [4.78, 5) is 15.5. The van der Waals surface area contributed by atoms with Gasteiger partial charge in [0, 0.05) is 30.6 Å². The van der Waals surface area contributed by atoms with Gasteiger partial charge in [-0.25, -0.2) is 4.79 Å². The molecule has 0 aliphatic heterocycles. The van der Waals surface area contributed by atoms with Gasteiger partial charge in [-0.3, -0.25) is 0 Å². The van der Waals surface area contributed by atoms with Gasteiger partial charge in [-0.1, -0.05) is 58.6 Å². The number of allylic oxidation sites excluding steroid dienone is 1. The fourth-order valence-corrected chi connectivity index (χ4v) is 10.3. The van der Waals surface area contributed by atoms with E-state index >= 15 is 0 Å². The third-order valence-electron chi connectivity index (χ3n) is 13.4. The highest BCUT2D eigenvalue weighted by Gasteiger charge is 2.58. The number of fused-ring (bicyclic) bond motifs is 5. The second-order valence-corrected chi connectivity index (χ2v) is 18.9. The molecule has 0 aromatic heterocycles. The number of ether oxygens (including phenoxy) is 1. The summed E-state index contributed by atoms with van der Waals surface area (Å²) < 4.78 is 6.32. The molecule has 0 saturated heterocycles. The van der Waals surface area contributed by atoms with E-state index in [-0.39, 0.29) is 28.7 Å². The quantitative estimate of drug-likeness (QED) is 0.107. The zero-order valence-electron chi connectivity index (χ0n) is 32.1. The van der Waals surface area contributed by atoms with E-state index in [1.54, 1.807) is 5.57 Å². The third-order valence-corrected chi connectivity index (χ3v) is 13.4. The van der Waals surface area contributed by atoms with Crippen molar-refractivity contribution in [2.75, 3.05) is 26.2 Å². The number of hydrogen-bond acceptors (Lipinski definition) is 5. The molecular weight excluding hydrogens is 580 g/mol. The molecule has 6 nitrogen and oxygen atoms in total. The molecule has 0 radical (unpaired) electrons. The van der Waals surface area contributed by atoms with Crippen molar-refractivity contribution in [3.8, 4) is 0 Å². The molecule has 0 bridgehead atoms. The van der Waals surface area contributed by atoms with Gasteiger partial charge in [0.15, 0.2) is 0 Å². The van der Waals surface area contributed by atoms with Gasteiger partial charge in [0.25, 0.3) is 0 Å². The summed E-state index contributed by atoms with van der Waals surface area (Å²) in [6.07, 6.45) is 21.8. The molecule has 0 aromatic carbocycles. The third kappa shape index (κ3) is 10.5. The van der Waals surface area contributed by atoms with Crippen LogP contribution < -0.4 is 16.8 Å². The number of amides is 1. The van der Waals surface area contributed by atoms with Crippen LogP contribution in [-0.2, 0) is 4.74 Å². The summed E-state index contributed by atoms with van der Waals surface area (Å²) in [6, 6.07) is 0. The van der Waals surface area contributed by atoms with Crippen LogP contribution in [0.1, 0.15) is 158 Å². The summed E-state index contributed by atoms with van der Waals surface area (Å²) in [5, 5.41) is 3.51. The standard InChI is InChI=1S/C41H76N4O2/c1-30(2)13-9-10-14-31-16-18-35-34-17-15-32-29-33(19-21-41(32,8)36(34)20-22-40(31,35)7)47-37(46)45(28-24-39(5,6)43)27-12-11-25-44-26-23-38(3,4)42/h15,30-31,33-36,44H,9-14,16-29,42-43H2,1-8H3. The lowest BCUT2D eigenvalue weighted by molar-refractivity contribution is -0.0534. The monoisotopic (exact) mass is 657 g/mol. The molecule has 0 heterocycles. The number of hydrogen-bond donors (Lipinski definition) is 3. The van der Waals surface area contributed by atoms with E-state index in [1.807, 2.05) is 18.7 Å². The zero-order valence-corrected chi connectivity index (χ0v) is 32.1. The first-order chi connectivity index (χ1) is 22.0. The minimum atomic E-state index is -0.311. The minimum Gasteiger partial charge on any atom is -0.446 e. The molecule has 1 amide bonds. The Morgan fingerprint density at radius 1 is 0.936 bits per heavy atom. The van der Waals surface area contributed by atoms with Crippen molar-refractivity contribution in [3.05, 3.63) is 11.6 Å². The van der Waals surface area contributed by atoms with Crippen LogP contribution in [0.4, 0.5) is 4.79 Å². The number of carbonyl (C=O) groups is 1. The summed E-state index contributed by atoms with van der Waals surface area (Å²) in [5.41, 5.74) is 14.4. The van der Waals surface area contributed by atoms with E-state index in [4.69, 9.17) is 16.2 Å². The second kappa shape index (κ2) is 16.3. The second-order valence-electron chi connectivity index (χ2n) is 18.9. The van der Waals surface area contributed by atoms with Crippen LogP contribution in [0.5, 0.6) is 0 Å². The number of unbranched alkanes of at least 4 members (excludes halogenated alkanes) is 2. The van der Waals surface area contributed by atoms with Gasteiger partial charge >= 0.3 is 6.09 Å². The fraction of sp³-hybridized carbons (Fsp3) is 0.927. The summed E-state index contributed by atoms with van der Waals surface area (Å²) in [7, 11) is 0. The molecular formula is C41H76N4O2. The first kappa shape index (κ1) is 38.7. The lowest BCUT2D eigenvalue weighted by Crippen LogP contribution is -2.50. The van der Waals surface area contributed by atoms with E-state index in [0.29, 0.717) is 12.0 Å². The predicted molar refractivity (Wildman–Crippen MR) is 198 cm³/mol. The maximum atomic E-state index is 13.6. The Bertz CT molecular complexity index is 1030. The molecule has 4 aliphatic carbocycles. The molecule has 272 valence electrons. The van der Waals surface area contributed by atoms with Gasteiger partial charge in [-0.2, -0.15) is 0 Å². The van der Waals surface area contributed by atoms with E-state index in [9.17, 15) is 4.79 Å². The van der Waals surface area contributed by atoms with E-state index in [0.717, 1.165) is 94.2 Å². The van der Waals surface area contributed by atoms with Gasteiger partial charge in [0.05, 0.1) is 0 Å². The molecule has 0 spiro atoms. The van der Waals surface area contributed by atoms with Gasteiger partial charge < -0.3 is 26.4 Å². The van der Waals surface area contributed by atoms with Crippen molar-refractivity contribution in [1.29, 1.82) is 0 Å². The molecule has 0 aromatic rings. The van der Waals surface area contributed by atoms with Crippen LogP contribution >= 0.6 is 0 Å². The van der Waals surface area contributed by atoms with Crippen LogP contribution in [0.3, 0.4) is 0 Å². The molecule has 47 heavy (non-hydrogen) atoms. The first-order valence-corrected chi connectivity index (χ1v) is 20.0. The summed E-state index contributed by atoms with van der Waals surface area (Å²) >= 11 is 0. The highest BCUT2D eigenvalue weighted by atomic mass is 16.6. The normalized spacial score (nSPS) is 32.4. The lowest BCUT2D eigenvalue weighted by atomic mass is 9.47. The predicted octanol–water partition coefficient (Wildman–Crippen LogP) is 9.21. The molecule has 4 rings (SSSR count). The largest absolute Gasteiger partial charge is 0.446 e. The van der Waals surface area contributed by atoms with E-state index < -0.39 is 0 Å². The van der Waals surface area contributed by atoms with Gasteiger partial charge in [-0.05, 0) is 158 Å². The molecule has 5 N–H and O–H groups in total. The Morgan fingerprint density at radius 3 is 2.38 bits per heavy atom. The Hall–Kier alpha value is -1.11. The highest BCUT2D eigenvalue weighted by Crippen LogP contribution is 2.66. The van der Waals surface area contributed by atoms with Crippen molar-refractivity contribution < 1.29 is 9.53 Å². The van der Waals surface area contributed by atoms with Crippen LogP contribution in [0.2, 0.25) is 0 Å². The van der Waals surface area contributed by atoms with Crippen molar-refractivity contribution in [1.82, 2.24) is 10.2 Å². The SMILES string of the molecule is CC(C)CCCCC1CCC2C3CC=C4CC(OC(=O)N(CCCCNCCC(C)(C)N)CCC(C)(C)N)CCC4(C)C3CCC12C. The lowest BCUT2D eigenvalue weighted by Gasteiger charge is -2.58. The maximum Gasteiger partial charge on any atom is 0.410 e. The average molecular weight is 657 g/mol. The van der Waals surface area contributed by atoms with Crippen molar-refractivity contribution in [3.63, 3.8) is 0 Å². The number of nitrogens with two attached hydrogens (primary N) is 2. The summed E-state index contributed by atoms with van der Waals surface area (Å²) in [6.45, 7) is 21.4. The van der Waals surface area contributed by atoms with E-state index in [2.05, 4.69) is 52.9 Å². The number of nitrogens with zero attached hydrogens (tertiary/aromatic N) is 1. The first-order valence-electron chi connectivity index (χ1n) is 20.0. The van der Waals surface area contributed by atoms with Gasteiger partial charge in [0.2, 0.25) is 0 Å². The fourth-order valence-electron chi connectivity index (χ4n) is 10.3. The summed E-state index contributed by atoms with van der Waals surface area (Å²) in [5.74, 6) is 4.30. The van der Waals surface area contributed by atoms with Crippen molar-refractivity contribution >= 4 is 6.09 Å². The van der Waals surface area contributed by atoms with Crippen LogP contribution in [-0.4, -0.2) is 54.4 Å². The van der Waals surface area contributed by atoms with Gasteiger partial charge in [-0.15, -0.1) is 0 Å². The van der Waals surface area contributed by atoms with Crippen LogP contribution in [0.25, 0.3) is 0 Å². The molecule has 7 atom stereocenters. The molecule has 4 aliphatic rings. The van der Waals surface area contributed by atoms with Crippen LogP contribution in [0.15, 0.2) is 11.6 Å². The van der Waals surface area contributed by atoms with E-state index in [1.165, 1.54) is 57.8 Å². The smallest absolute Gasteiger partial charge is 0.410 e.